The van der Waals surface area contributed by atoms with E-state index in [2.05, 4.69) is 17.2 Å². The van der Waals surface area contributed by atoms with Gasteiger partial charge in [0, 0.05) is 6.54 Å². The molecule has 1 rings (SSSR count). The number of carbonyl (C=O) groups is 2. The summed E-state index contributed by atoms with van der Waals surface area (Å²) in [5.74, 6) is -1.38. The molecular formula is C12H13N2O4-. The number of anilines is 1. The molecule has 0 aliphatic rings. The summed E-state index contributed by atoms with van der Waals surface area (Å²) in [4.78, 5) is 21.7. The number of phenolic OH excluding ortho intramolecular Hbond substituents is 1. The Morgan fingerprint density at radius 1 is 1.33 bits per heavy atom. The van der Waals surface area contributed by atoms with Crippen molar-refractivity contribution in [2.45, 2.75) is 6.42 Å². The normalized spacial score (nSPS) is 9.56. The molecule has 0 aliphatic heterocycles. The smallest absolute Gasteiger partial charge is 0.319 e. The molecule has 18 heavy (non-hydrogen) atoms. The Hall–Kier alpha value is -2.50. The second-order valence-corrected chi connectivity index (χ2v) is 3.54. The Morgan fingerprint density at radius 3 is 2.61 bits per heavy atom. The van der Waals surface area contributed by atoms with Crippen LogP contribution in [-0.2, 0) is 4.79 Å². The number of carbonyl (C=O) groups excluding carboxylic acids is 2. The van der Waals surface area contributed by atoms with Crippen LogP contribution in [-0.4, -0.2) is 23.7 Å². The molecule has 0 aliphatic carbocycles. The van der Waals surface area contributed by atoms with Crippen LogP contribution in [0, 0.1) is 0 Å². The lowest BCUT2D eigenvalue weighted by Gasteiger charge is -2.10. The minimum Gasteiger partial charge on any atom is -0.545 e. The van der Waals surface area contributed by atoms with E-state index in [1.54, 1.807) is 12.1 Å². The maximum absolute atomic E-state index is 11.4. The molecule has 0 heterocycles. The van der Waals surface area contributed by atoms with Crippen molar-refractivity contribution in [1.82, 2.24) is 5.32 Å². The molecule has 1 aromatic rings. The number of phenols is 1. The number of aliphatic carboxylic acids is 1. The van der Waals surface area contributed by atoms with E-state index in [1.807, 2.05) is 0 Å². The fourth-order valence-electron chi connectivity index (χ4n) is 1.17. The van der Waals surface area contributed by atoms with Gasteiger partial charge in [-0.3, -0.25) is 0 Å². The number of aromatic hydroxyl groups is 1. The molecule has 0 saturated carbocycles. The van der Waals surface area contributed by atoms with Crippen molar-refractivity contribution in [1.29, 1.82) is 0 Å². The number of benzene rings is 1. The quantitative estimate of drug-likeness (QED) is 0.512. The molecule has 0 radical (unpaired) electrons. The van der Waals surface area contributed by atoms with Gasteiger partial charge in [-0.25, -0.2) is 4.79 Å². The third-order valence-corrected chi connectivity index (χ3v) is 2.15. The number of amides is 2. The van der Waals surface area contributed by atoms with Gasteiger partial charge in [0.25, 0.3) is 0 Å². The maximum Gasteiger partial charge on any atom is 0.319 e. The molecule has 3 N–H and O–H groups in total. The van der Waals surface area contributed by atoms with E-state index in [0.717, 1.165) is 0 Å². The second kappa shape index (κ2) is 6.29. The summed E-state index contributed by atoms with van der Waals surface area (Å²) in [6.45, 7) is 3.39. The number of hydrogen-bond acceptors (Lipinski definition) is 4. The van der Waals surface area contributed by atoms with Crippen LogP contribution in [0.1, 0.15) is 6.42 Å². The van der Waals surface area contributed by atoms with Gasteiger partial charge < -0.3 is 25.6 Å². The largest absolute Gasteiger partial charge is 0.545 e. The highest BCUT2D eigenvalue weighted by molar-refractivity contribution is 5.91. The van der Waals surface area contributed by atoms with Crippen molar-refractivity contribution < 1.29 is 19.8 Å². The van der Waals surface area contributed by atoms with Gasteiger partial charge in [0.2, 0.25) is 0 Å². The van der Waals surface area contributed by atoms with Crippen LogP contribution in [0.4, 0.5) is 10.5 Å². The first kappa shape index (κ1) is 13.6. The molecule has 0 saturated heterocycles. The van der Waals surface area contributed by atoms with E-state index in [1.165, 1.54) is 12.1 Å². The maximum atomic E-state index is 11.4. The van der Waals surface area contributed by atoms with Gasteiger partial charge in [0.05, 0.1) is 11.7 Å². The number of urea groups is 1. The zero-order valence-corrected chi connectivity index (χ0v) is 9.60. The van der Waals surface area contributed by atoms with E-state index in [0.29, 0.717) is 0 Å². The number of carboxylic acids is 1. The Labute approximate surface area is 104 Å². The molecule has 6 heteroatoms. The standard InChI is InChI=1S/C12H14N2O4/c1-8(11(16)17)6-7-13-12(18)14-9-4-2-3-5-10(9)15/h2-5,15H,1,6-7H2,(H,16,17)(H2,13,14,18)/p-1. The lowest BCUT2D eigenvalue weighted by atomic mass is 10.2. The predicted molar refractivity (Wildman–Crippen MR) is 63.9 cm³/mol. The first-order valence-electron chi connectivity index (χ1n) is 5.22. The highest BCUT2D eigenvalue weighted by Crippen LogP contribution is 2.20. The van der Waals surface area contributed by atoms with E-state index >= 15 is 0 Å². The van der Waals surface area contributed by atoms with Gasteiger partial charge in [-0.2, -0.15) is 0 Å². The number of nitrogens with one attached hydrogen (secondary N) is 2. The van der Waals surface area contributed by atoms with Crippen LogP contribution >= 0.6 is 0 Å². The highest BCUT2D eigenvalue weighted by Gasteiger charge is 2.04. The van der Waals surface area contributed by atoms with Crippen molar-refractivity contribution in [2.75, 3.05) is 11.9 Å². The molecule has 0 bridgehead atoms. The third kappa shape index (κ3) is 4.17. The van der Waals surface area contributed by atoms with E-state index in [4.69, 9.17) is 0 Å². The molecule has 1 aromatic carbocycles. The monoisotopic (exact) mass is 249 g/mol. The summed E-state index contributed by atoms with van der Waals surface area (Å²) in [5.41, 5.74) is 0.187. The molecule has 0 unspecified atom stereocenters. The Kier molecular flexibility index (Phi) is 4.74. The minimum absolute atomic E-state index is 0.0493. The zero-order valence-electron chi connectivity index (χ0n) is 9.60. The van der Waals surface area contributed by atoms with Gasteiger partial charge in [-0.05, 0) is 24.1 Å². The molecule has 0 spiro atoms. The van der Waals surface area contributed by atoms with Crippen LogP contribution in [0.2, 0.25) is 0 Å². The first-order valence-corrected chi connectivity index (χ1v) is 5.22. The average Bonchev–Trinajstić information content (AvgIpc) is 2.32. The van der Waals surface area contributed by atoms with E-state index in [9.17, 15) is 19.8 Å². The summed E-state index contributed by atoms with van der Waals surface area (Å²) < 4.78 is 0. The summed E-state index contributed by atoms with van der Waals surface area (Å²) in [5, 5.41) is 24.6. The highest BCUT2D eigenvalue weighted by atomic mass is 16.4. The molecule has 2 amide bonds. The summed E-state index contributed by atoms with van der Waals surface area (Å²) >= 11 is 0. The first-order chi connectivity index (χ1) is 8.50. The van der Waals surface area contributed by atoms with Crippen LogP contribution in [0.3, 0.4) is 0 Å². The molecule has 0 aromatic heterocycles. The van der Waals surface area contributed by atoms with Gasteiger partial charge in [-0.15, -0.1) is 0 Å². The van der Waals surface area contributed by atoms with Crippen molar-refractivity contribution in [2.24, 2.45) is 0 Å². The number of para-hydroxylation sites is 2. The molecule has 6 nitrogen and oxygen atoms in total. The van der Waals surface area contributed by atoms with Gasteiger partial charge in [0.15, 0.2) is 0 Å². The van der Waals surface area contributed by atoms with E-state index in [-0.39, 0.29) is 30.0 Å². The lowest BCUT2D eigenvalue weighted by Crippen LogP contribution is -2.31. The van der Waals surface area contributed by atoms with Crippen LogP contribution < -0.4 is 15.7 Å². The van der Waals surface area contributed by atoms with Gasteiger partial charge in [0.1, 0.15) is 5.75 Å². The average molecular weight is 249 g/mol. The Balaban J connectivity index is 2.37. The fraction of sp³-hybridized carbons (Fsp3) is 0.167. The van der Waals surface area contributed by atoms with Crippen molar-refractivity contribution in [3.63, 3.8) is 0 Å². The predicted octanol–water partition coefficient (Wildman–Crippen LogP) is 0.210. The summed E-state index contributed by atoms with van der Waals surface area (Å²) in [7, 11) is 0. The Morgan fingerprint density at radius 2 is 2.00 bits per heavy atom. The second-order valence-electron chi connectivity index (χ2n) is 3.54. The zero-order chi connectivity index (χ0) is 13.5. The number of rotatable bonds is 5. The van der Waals surface area contributed by atoms with Crippen molar-refractivity contribution in [3.8, 4) is 5.75 Å². The number of hydrogen-bond donors (Lipinski definition) is 3. The van der Waals surface area contributed by atoms with Crippen LogP contribution in [0.15, 0.2) is 36.4 Å². The third-order valence-electron chi connectivity index (χ3n) is 2.15. The topological polar surface area (TPSA) is 101 Å². The van der Waals surface area contributed by atoms with E-state index < -0.39 is 12.0 Å². The van der Waals surface area contributed by atoms with Crippen molar-refractivity contribution in [3.05, 3.63) is 36.4 Å². The number of carboxylic acid groups (broad SMARTS) is 1. The van der Waals surface area contributed by atoms with Crippen LogP contribution in [0.5, 0.6) is 5.75 Å². The lowest BCUT2D eigenvalue weighted by molar-refractivity contribution is -0.299. The fourth-order valence-corrected chi connectivity index (χ4v) is 1.17. The Bertz CT molecular complexity index is 471. The van der Waals surface area contributed by atoms with Gasteiger partial charge >= 0.3 is 6.03 Å². The molecule has 96 valence electrons. The molecular weight excluding hydrogens is 236 g/mol. The summed E-state index contributed by atoms with van der Waals surface area (Å²) in [6.07, 6.45) is 0.0938. The SMILES string of the molecule is C=C(CCNC(=O)Nc1ccccc1O)C(=O)[O-]. The van der Waals surface area contributed by atoms with Crippen LogP contribution in [0.25, 0.3) is 0 Å². The molecule has 0 atom stereocenters. The molecule has 0 fully saturated rings. The summed E-state index contributed by atoms with van der Waals surface area (Å²) in [6, 6.07) is 5.72. The minimum atomic E-state index is -1.34. The van der Waals surface area contributed by atoms with Gasteiger partial charge in [-0.1, -0.05) is 18.7 Å². The van der Waals surface area contributed by atoms with Crippen molar-refractivity contribution >= 4 is 17.7 Å².